The molecule has 0 aromatic heterocycles. The number of rotatable bonds is 7. The van der Waals surface area contributed by atoms with Crippen molar-refractivity contribution < 1.29 is 10.0 Å². The molecule has 1 amide bonds. The molecule has 0 fully saturated rings. The van der Waals surface area contributed by atoms with Gasteiger partial charge in [0.15, 0.2) is 5.84 Å². The van der Waals surface area contributed by atoms with Crippen LogP contribution in [0.3, 0.4) is 0 Å². The first-order chi connectivity index (χ1) is 9.63. The van der Waals surface area contributed by atoms with Gasteiger partial charge in [0.25, 0.3) is 0 Å². The fourth-order valence-corrected chi connectivity index (χ4v) is 2.13. The smallest absolute Gasteiger partial charge is 0.233 e. The molecule has 20 heavy (non-hydrogen) atoms. The fourth-order valence-electron chi connectivity index (χ4n) is 2.13. The van der Waals surface area contributed by atoms with Gasteiger partial charge in [0.05, 0.1) is 5.92 Å². The highest BCUT2D eigenvalue weighted by atomic mass is 16.4. The van der Waals surface area contributed by atoms with Gasteiger partial charge < -0.3 is 15.8 Å². The van der Waals surface area contributed by atoms with Crippen molar-refractivity contribution in [1.29, 1.82) is 0 Å². The van der Waals surface area contributed by atoms with Crippen molar-refractivity contribution in [1.82, 2.24) is 4.90 Å². The second-order valence-corrected chi connectivity index (χ2v) is 4.70. The zero-order valence-corrected chi connectivity index (χ0v) is 12.1. The first-order valence-corrected chi connectivity index (χ1v) is 6.94. The maximum Gasteiger partial charge on any atom is 0.233 e. The predicted molar refractivity (Wildman–Crippen MR) is 79.3 cm³/mol. The Morgan fingerprint density at radius 1 is 1.35 bits per heavy atom. The largest absolute Gasteiger partial charge is 0.409 e. The van der Waals surface area contributed by atoms with Gasteiger partial charge in [0, 0.05) is 13.1 Å². The van der Waals surface area contributed by atoms with E-state index in [9.17, 15) is 4.79 Å². The van der Waals surface area contributed by atoms with Crippen LogP contribution in [0.4, 0.5) is 0 Å². The third-order valence-electron chi connectivity index (χ3n) is 3.26. The summed E-state index contributed by atoms with van der Waals surface area (Å²) in [5.41, 5.74) is 6.71. The van der Waals surface area contributed by atoms with Gasteiger partial charge in [-0.3, -0.25) is 4.79 Å². The lowest BCUT2D eigenvalue weighted by molar-refractivity contribution is -0.134. The van der Waals surface area contributed by atoms with Crippen LogP contribution in [-0.2, 0) is 11.3 Å². The minimum absolute atomic E-state index is 0.0108. The predicted octanol–water partition coefficient (Wildman–Crippen LogP) is 2.20. The van der Waals surface area contributed by atoms with E-state index < -0.39 is 5.92 Å². The van der Waals surface area contributed by atoms with Crippen LogP contribution in [0.15, 0.2) is 35.5 Å². The Balaban J connectivity index is 2.84. The molecule has 110 valence electrons. The number of carbonyl (C=O) groups excluding carboxylic acids is 1. The molecule has 0 saturated heterocycles. The zero-order chi connectivity index (χ0) is 15.0. The molecule has 0 saturated carbocycles. The highest BCUT2D eigenvalue weighted by Crippen LogP contribution is 2.14. The lowest BCUT2D eigenvalue weighted by Crippen LogP contribution is -2.41. The van der Waals surface area contributed by atoms with E-state index in [1.807, 2.05) is 44.2 Å². The summed E-state index contributed by atoms with van der Waals surface area (Å²) in [4.78, 5) is 14.3. The molecule has 0 radical (unpaired) electrons. The van der Waals surface area contributed by atoms with E-state index in [0.29, 0.717) is 19.5 Å². The average Bonchev–Trinajstić information content (AvgIpc) is 2.50. The highest BCUT2D eigenvalue weighted by molar-refractivity contribution is 6.02. The topological polar surface area (TPSA) is 78.9 Å². The maximum atomic E-state index is 12.5. The van der Waals surface area contributed by atoms with Crippen molar-refractivity contribution >= 4 is 11.7 Å². The molecule has 3 N–H and O–H groups in total. The van der Waals surface area contributed by atoms with E-state index in [-0.39, 0.29) is 11.7 Å². The Morgan fingerprint density at radius 3 is 2.50 bits per heavy atom. The molecule has 1 unspecified atom stereocenters. The van der Waals surface area contributed by atoms with Gasteiger partial charge in [0.1, 0.15) is 0 Å². The van der Waals surface area contributed by atoms with Crippen molar-refractivity contribution in [3.8, 4) is 0 Å². The maximum absolute atomic E-state index is 12.5. The van der Waals surface area contributed by atoms with Crippen molar-refractivity contribution in [3.63, 3.8) is 0 Å². The van der Waals surface area contributed by atoms with Crippen LogP contribution in [0, 0.1) is 5.92 Å². The van der Waals surface area contributed by atoms with E-state index in [4.69, 9.17) is 10.9 Å². The molecule has 0 aliphatic rings. The summed E-state index contributed by atoms with van der Waals surface area (Å²) in [5.74, 6) is -0.648. The molecule has 1 aromatic carbocycles. The van der Waals surface area contributed by atoms with Gasteiger partial charge in [0.2, 0.25) is 5.91 Å². The van der Waals surface area contributed by atoms with E-state index >= 15 is 0 Å². The molecular formula is C15H23N3O2. The summed E-state index contributed by atoms with van der Waals surface area (Å²) in [6.07, 6.45) is 1.38. The lowest BCUT2D eigenvalue weighted by Gasteiger charge is -2.25. The third-order valence-corrected chi connectivity index (χ3v) is 3.26. The van der Waals surface area contributed by atoms with Gasteiger partial charge in [-0.25, -0.2) is 0 Å². The Labute approximate surface area is 120 Å². The molecule has 0 aliphatic carbocycles. The summed E-state index contributed by atoms with van der Waals surface area (Å²) in [6, 6.07) is 9.79. The van der Waals surface area contributed by atoms with Crippen molar-refractivity contribution in [2.24, 2.45) is 16.8 Å². The Hall–Kier alpha value is -2.04. The van der Waals surface area contributed by atoms with Crippen LogP contribution in [-0.4, -0.2) is 28.4 Å². The molecule has 1 atom stereocenters. The first kappa shape index (κ1) is 16.0. The van der Waals surface area contributed by atoms with Crippen LogP contribution >= 0.6 is 0 Å². The summed E-state index contributed by atoms with van der Waals surface area (Å²) in [6.45, 7) is 5.02. The minimum atomic E-state index is -0.548. The Bertz CT molecular complexity index is 446. The van der Waals surface area contributed by atoms with E-state index in [1.165, 1.54) is 0 Å². The monoisotopic (exact) mass is 277 g/mol. The number of carbonyl (C=O) groups is 1. The normalized spacial score (nSPS) is 13.0. The molecule has 0 heterocycles. The van der Waals surface area contributed by atoms with Crippen LogP contribution in [0.1, 0.15) is 32.3 Å². The second-order valence-electron chi connectivity index (χ2n) is 4.70. The molecule has 0 spiro atoms. The number of benzene rings is 1. The van der Waals surface area contributed by atoms with Crippen LogP contribution in [0.5, 0.6) is 0 Å². The second kappa shape index (κ2) is 8.19. The Morgan fingerprint density at radius 2 is 2.00 bits per heavy atom. The lowest BCUT2D eigenvalue weighted by atomic mass is 10.0. The number of nitrogens with zero attached hydrogens (tertiary/aromatic N) is 2. The molecule has 1 rings (SSSR count). The van der Waals surface area contributed by atoms with Crippen LogP contribution in [0.25, 0.3) is 0 Å². The zero-order valence-electron chi connectivity index (χ0n) is 12.1. The van der Waals surface area contributed by atoms with Gasteiger partial charge >= 0.3 is 0 Å². The fraction of sp³-hybridized carbons (Fsp3) is 0.467. The number of amidine groups is 1. The summed E-state index contributed by atoms with van der Waals surface area (Å²) in [5, 5.41) is 11.8. The van der Waals surface area contributed by atoms with Gasteiger partial charge in [-0.05, 0) is 18.9 Å². The highest BCUT2D eigenvalue weighted by Gasteiger charge is 2.26. The van der Waals surface area contributed by atoms with Gasteiger partial charge in [-0.1, -0.05) is 48.8 Å². The number of hydrogen-bond donors (Lipinski definition) is 2. The third kappa shape index (κ3) is 4.26. The van der Waals surface area contributed by atoms with Crippen LogP contribution in [0.2, 0.25) is 0 Å². The molecule has 5 nitrogen and oxygen atoms in total. The van der Waals surface area contributed by atoms with Gasteiger partial charge in [-0.2, -0.15) is 0 Å². The van der Waals surface area contributed by atoms with Crippen LogP contribution < -0.4 is 5.73 Å². The quantitative estimate of drug-likeness (QED) is 0.347. The standard InChI is InChI=1S/C15H23N3O2/c1-3-8-13(14(16)17-20)15(19)18(4-2)11-12-9-6-5-7-10-12/h5-7,9-10,13,20H,3-4,8,11H2,1-2H3,(H2,16,17). The van der Waals surface area contributed by atoms with E-state index in [0.717, 1.165) is 12.0 Å². The molecule has 0 aliphatic heterocycles. The van der Waals surface area contributed by atoms with Crippen molar-refractivity contribution in [2.45, 2.75) is 33.2 Å². The number of nitrogens with two attached hydrogens (primary N) is 1. The summed E-state index contributed by atoms with van der Waals surface area (Å²) < 4.78 is 0. The number of oxime groups is 1. The number of amides is 1. The molecule has 1 aromatic rings. The minimum Gasteiger partial charge on any atom is -0.409 e. The van der Waals surface area contributed by atoms with Crippen molar-refractivity contribution in [2.75, 3.05) is 6.54 Å². The average molecular weight is 277 g/mol. The number of hydrogen-bond acceptors (Lipinski definition) is 3. The summed E-state index contributed by atoms with van der Waals surface area (Å²) >= 11 is 0. The summed E-state index contributed by atoms with van der Waals surface area (Å²) in [7, 11) is 0. The Kier molecular flexibility index (Phi) is 6.56. The molecule has 5 heteroatoms. The van der Waals surface area contributed by atoms with E-state index in [1.54, 1.807) is 4.90 Å². The molecular weight excluding hydrogens is 254 g/mol. The SMILES string of the molecule is CCCC(C(=O)N(CC)Cc1ccccc1)C(N)=NO. The molecule has 0 bridgehead atoms. The van der Waals surface area contributed by atoms with Gasteiger partial charge in [-0.15, -0.1) is 0 Å². The first-order valence-electron chi connectivity index (χ1n) is 6.94. The van der Waals surface area contributed by atoms with Crippen molar-refractivity contribution in [3.05, 3.63) is 35.9 Å². The van der Waals surface area contributed by atoms with E-state index in [2.05, 4.69) is 5.16 Å².